The Morgan fingerprint density at radius 1 is 1.24 bits per heavy atom. The number of rotatable bonds is 6. The molecule has 0 spiro atoms. The predicted molar refractivity (Wildman–Crippen MR) is 95.8 cm³/mol. The van der Waals surface area contributed by atoms with Gasteiger partial charge >= 0.3 is 0 Å². The fraction of sp³-hybridized carbons (Fsp3) is 0.533. The molecule has 3 rings (SSSR count). The largest absolute Gasteiger partial charge is 0.354 e. The molecule has 25 heavy (non-hydrogen) atoms. The topological polar surface area (TPSA) is 92.1 Å². The molecule has 0 atom stereocenters. The second-order valence-electron chi connectivity index (χ2n) is 5.88. The summed E-state index contributed by atoms with van der Waals surface area (Å²) >= 11 is 1.55. The van der Waals surface area contributed by atoms with Gasteiger partial charge in [0.15, 0.2) is 5.16 Å². The summed E-state index contributed by atoms with van der Waals surface area (Å²) in [4.78, 5) is 25.2. The van der Waals surface area contributed by atoms with Gasteiger partial charge in [0.05, 0.1) is 0 Å². The van der Waals surface area contributed by atoms with Gasteiger partial charge in [0.2, 0.25) is 0 Å². The van der Waals surface area contributed by atoms with Crippen LogP contribution in [0.2, 0.25) is 0 Å². The van der Waals surface area contributed by atoms with E-state index in [9.17, 15) is 4.79 Å². The van der Waals surface area contributed by atoms with Crippen LogP contribution in [0, 0.1) is 0 Å². The third-order valence-corrected chi connectivity index (χ3v) is 5.04. The Morgan fingerprint density at radius 3 is 2.76 bits per heavy atom. The number of nitrogens with zero attached hydrogens (tertiary/aromatic N) is 7. The number of likely N-dealkylation sites (N-methyl/N-ethyl adjacent to an activating group) is 1. The SMILES string of the molecule is CN1CCN(c2cc(C(=O)NCCSc3nncn3C)ncn2)CC1. The zero-order chi connectivity index (χ0) is 17.6. The molecule has 1 fully saturated rings. The van der Waals surface area contributed by atoms with Crippen LogP contribution in [-0.2, 0) is 7.05 Å². The molecule has 2 aromatic rings. The third kappa shape index (κ3) is 4.67. The van der Waals surface area contributed by atoms with Gasteiger partial charge < -0.3 is 19.7 Å². The maximum absolute atomic E-state index is 12.3. The van der Waals surface area contributed by atoms with Crippen LogP contribution in [0.25, 0.3) is 0 Å². The predicted octanol–water partition coefficient (Wildman–Crippen LogP) is -0.121. The highest BCUT2D eigenvalue weighted by atomic mass is 32.2. The molecular formula is C15H22N8OS. The van der Waals surface area contributed by atoms with E-state index in [0.717, 1.165) is 37.2 Å². The Labute approximate surface area is 150 Å². The van der Waals surface area contributed by atoms with Crippen molar-refractivity contribution in [3.05, 3.63) is 24.4 Å². The van der Waals surface area contributed by atoms with Crippen LogP contribution in [0.5, 0.6) is 0 Å². The van der Waals surface area contributed by atoms with E-state index >= 15 is 0 Å². The zero-order valence-electron chi connectivity index (χ0n) is 14.4. The number of thioether (sulfide) groups is 1. The number of piperazine rings is 1. The van der Waals surface area contributed by atoms with Gasteiger partial charge in [-0.25, -0.2) is 9.97 Å². The van der Waals surface area contributed by atoms with E-state index in [-0.39, 0.29) is 5.91 Å². The Kier molecular flexibility index (Phi) is 5.82. The second kappa shape index (κ2) is 8.26. The van der Waals surface area contributed by atoms with Crippen molar-refractivity contribution < 1.29 is 4.79 Å². The molecule has 1 saturated heterocycles. The quantitative estimate of drug-likeness (QED) is 0.562. The van der Waals surface area contributed by atoms with Gasteiger partial charge in [0, 0.05) is 51.6 Å². The Hall–Kier alpha value is -2.20. The summed E-state index contributed by atoms with van der Waals surface area (Å²) < 4.78 is 1.85. The van der Waals surface area contributed by atoms with E-state index < -0.39 is 0 Å². The lowest BCUT2D eigenvalue weighted by atomic mass is 10.3. The number of hydrogen-bond acceptors (Lipinski definition) is 8. The molecule has 9 nitrogen and oxygen atoms in total. The van der Waals surface area contributed by atoms with E-state index in [1.807, 2.05) is 11.6 Å². The first-order valence-corrected chi connectivity index (χ1v) is 9.12. The first kappa shape index (κ1) is 17.6. The van der Waals surface area contributed by atoms with Crippen LogP contribution >= 0.6 is 11.8 Å². The standard InChI is InChI=1S/C15H22N8OS/c1-21-4-6-23(7-5-21)13-9-12(17-10-18-13)14(24)16-3-8-25-15-20-19-11-22(15)2/h9-11H,3-8H2,1-2H3,(H,16,24). The van der Waals surface area contributed by atoms with Gasteiger partial charge in [-0.2, -0.15) is 0 Å². The summed E-state index contributed by atoms with van der Waals surface area (Å²) in [6, 6.07) is 1.76. The molecule has 0 unspecified atom stereocenters. The molecule has 1 aliphatic heterocycles. The minimum Gasteiger partial charge on any atom is -0.354 e. The highest BCUT2D eigenvalue weighted by molar-refractivity contribution is 7.99. The molecule has 2 aromatic heterocycles. The summed E-state index contributed by atoms with van der Waals surface area (Å²) in [6.45, 7) is 4.33. The van der Waals surface area contributed by atoms with Crippen LogP contribution in [0.15, 0.2) is 23.9 Å². The molecule has 1 aliphatic rings. The Balaban J connectivity index is 1.50. The van der Waals surface area contributed by atoms with E-state index in [4.69, 9.17) is 0 Å². The number of carbonyl (C=O) groups is 1. The van der Waals surface area contributed by atoms with Crippen LogP contribution in [0.4, 0.5) is 5.82 Å². The van der Waals surface area contributed by atoms with Crippen LogP contribution in [-0.4, -0.2) is 81.1 Å². The summed E-state index contributed by atoms with van der Waals surface area (Å²) in [5.41, 5.74) is 0.396. The van der Waals surface area contributed by atoms with Crippen molar-refractivity contribution in [3.8, 4) is 0 Å². The first-order valence-electron chi connectivity index (χ1n) is 8.14. The minimum absolute atomic E-state index is 0.184. The molecule has 0 aromatic carbocycles. The van der Waals surface area contributed by atoms with Crippen LogP contribution in [0.3, 0.4) is 0 Å². The fourth-order valence-corrected chi connectivity index (χ4v) is 3.22. The monoisotopic (exact) mass is 362 g/mol. The van der Waals surface area contributed by atoms with Crippen LogP contribution < -0.4 is 10.2 Å². The van der Waals surface area contributed by atoms with E-state index in [1.54, 1.807) is 24.2 Å². The lowest BCUT2D eigenvalue weighted by Crippen LogP contribution is -2.45. The van der Waals surface area contributed by atoms with Crippen molar-refractivity contribution in [1.82, 2.24) is 34.9 Å². The number of carbonyl (C=O) groups excluding carboxylic acids is 1. The second-order valence-corrected chi connectivity index (χ2v) is 6.94. The third-order valence-electron chi connectivity index (χ3n) is 4.00. The van der Waals surface area contributed by atoms with Gasteiger partial charge in [-0.1, -0.05) is 11.8 Å². The Morgan fingerprint density at radius 2 is 2.04 bits per heavy atom. The maximum atomic E-state index is 12.3. The van der Waals surface area contributed by atoms with E-state index in [0.29, 0.717) is 18.0 Å². The molecular weight excluding hydrogens is 340 g/mol. The summed E-state index contributed by atoms with van der Waals surface area (Å²) in [6.07, 6.45) is 3.11. The highest BCUT2D eigenvalue weighted by Gasteiger charge is 2.17. The molecule has 10 heteroatoms. The normalized spacial score (nSPS) is 15.4. The van der Waals surface area contributed by atoms with Gasteiger partial charge in [-0.3, -0.25) is 4.79 Å². The van der Waals surface area contributed by atoms with Gasteiger partial charge in [0.25, 0.3) is 5.91 Å². The van der Waals surface area contributed by atoms with Crippen molar-refractivity contribution in [1.29, 1.82) is 0 Å². The van der Waals surface area contributed by atoms with Gasteiger partial charge in [-0.15, -0.1) is 10.2 Å². The average Bonchev–Trinajstić information content (AvgIpc) is 3.04. The van der Waals surface area contributed by atoms with E-state index in [2.05, 4.69) is 42.3 Å². The van der Waals surface area contributed by atoms with Gasteiger partial charge in [-0.05, 0) is 7.05 Å². The van der Waals surface area contributed by atoms with Crippen molar-refractivity contribution in [3.63, 3.8) is 0 Å². The number of nitrogens with one attached hydrogen (secondary N) is 1. The molecule has 0 bridgehead atoms. The lowest BCUT2D eigenvalue weighted by molar-refractivity contribution is 0.0951. The fourth-order valence-electron chi connectivity index (χ4n) is 2.48. The number of hydrogen-bond donors (Lipinski definition) is 1. The molecule has 1 N–H and O–H groups in total. The van der Waals surface area contributed by atoms with Crippen LogP contribution in [0.1, 0.15) is 10.5 Å². The van der Waals surface area contributed by atoms with Crippen molar-refractivity contribution in [2.24, 2.45) is 7.05 Å². The number of aryl methyl sites for hydroxylation is 1. The summed E-state index contributed by atoms with van der Waals surface area (Å²) in [5, 5.41) is 11.5. The summed E-state index contributed by atoms with van der Waals surface area (Å²) in [7, 11) is 4.00. The van der Waals surface area contributed by atoms with Crippen molar-refractivity contribution >= 4 is 23.5 Å². The molecule has 0 saturated carbocycles. The number of aromatic nitrogens is 5. The molecule has 0 aliphatic carbocycles. The lowest BCUT2D eigenvalue weighted by Gasteiger charge is -2.33. The van der Waals surface area contributed by atoms with Crippen molar-refractivity contribution in [2.75, 3.05) is 50.4 Å². The number of amides is 1. The molecule has 134 valence electrons. The number of anilines is 1. The van der Waals surface area contributed by atoms with Crippen molar-refractivity contribution in [2.45, 2.75) is 5.16 Å². The zero-order valence-corrected chi connectivity index (χ0v) is 15.2. The Bertz CT molecular complexity index is 713. The average molecular weight is 362 g/mol. The molecule has 3 heterocycles. The molecule has 0 radical (unpaired) electrons. The van der Waals surface area contributed by atoms with E-state index in [1.165, 1.54) is 6.33 Å². The minimum atomic E-state index is -0.184. The highest BCUT2D eigenvalue weighted by Crippen LogP contribution is 2.14. The smallest absolute Gasteiger partial charge is 0.270 e. The van der Waals surface area contributed by atoms with Gasteiger partial charge in [0.1, 0.15) is 24.2 Å². The maximum Gasteiger partial charge on any atom is 0.270 e. The summed E-state index contributed by atoms with van der Waals surface area (Å²) in [5.74, 6) is 1.34. The molecule has 1 amide bonds. The first-order chi connectivity index (χ1) is 12.1.